The molecule has 0 aliphatic carbocycles. The second-order valence-corrected chi connectivity index (χ2v) is 6.80. The highest BCUT2D eigenvalue weighted by Crippen LogP contribution is 2.40. The van der Waals surface area contributed by atoms with Gasteiger partial charge in [-0.15, -0.1) is 22.7 Å². The summed E-state index contributed by atoms with van der Waals surface area (Å²) in [5.74, 6) is -0.233. The van der Waals surface area contributed by atoms with Crippen molar-refractivity contribution in [3.8, 4) is 0 Å². The van der Waals surface area contributed by atoms with Crippen molar-refractivity contribution < 1.29 is 14.3 Å². The Labute approximate surface area is 115 Å². The molecule has 6 heteroatoms. The molecule has 2 aromatic heterocycles. The van der Waals surface area contributed by atoms with Crippen molar-refractivity contribution in [2.75, 3.05) is 6.61 Å². The van der Waals surface area contributed by atoms with Gasteiger partial charge in [0, 0.05) is 10.3 Å². The van der Waals surface area contributed by atoms with Crippen LogP contribution < -0.4 is 0 Å². The van der Waals surface area contributed by atoms with Crippen LogP contribution in [0.2, 0.25) is 0 Å². The molecule has 0 fully saturated rings. The lowest BCUT2D eigenvalue weighted by Gasteiger charge is -1.98. The maximum Gasteiger partial charge on any atom is 0.311 e. The molecule has 0 bridgehead atoms. The molecule has 0 saturated heterocycles. The molecule has 0 radical (unpaired) electrons. The van der Waals surface area contributed by atoms with Crippen LogP contribution in [0.5, 0.6) is 0 Å². The normalized spacial score (nSPS) is 10.7. The number of fused-ring (bicyclic) bond motifs is 1. The van der Waals surface area contributed by atoms with Crippen LogP contribution in [-0.2, 0) is 16.0 Å². The lowest BCUT2D eigenvalue weighted by Crippen LogP contribution is -2.06. The summed E-state index contributed by atoms with van der Waals surface area (Å²) >= 11 is 6.36. The number of rotatable bonds is 4. The number of thiophene rings is 2. The van der Waals surface area contributed by atoms with E-state index in [-0.39, 0.29) is 12.4 Å². The SMILES string of the molecule is CCOC(=O)Cc1cc2c(C=O)sc(Br)c2s1. The third-order valence-corrected chi connectivity index (χ3v) is 5.50. The predicted octanol–water partition coefficient (Wildman–Crippen LogP) is 3.64. The van der Waals surface area contributed by atoms with Crippen LogP contribution >= 0.6 is 38.6 Å². The number of carbonyl (C=O) groups is 2. The Kier molecular flexibility index (Phi) is 3.96. The smallest absolute Gasteiger partial charge is 0.311 e. The van der Waals surface area contributed by atoms with E-state index in [0.717, 1.165) is 25.0 Å². The van der Waals surface area contributed by atoms with E-state index in [9.17, 15) is 9.59 Å². The average Bonchev–Trinajstić information content (AvgIpc) is 2.80. The zero-order valence-electron chi connectivity index (χ0n) is 8.99. The average molecular weight is 333 g/mol. The largest absolute Gasteiger partial charge is 0.466 e. The molecule has 0 aliphatic heterocycles. The van der Waals surface area contributed by atoms with Crippen molar-refractivity contribution in [2.45, 2.75) is 13.3 Å². The van der Waals surface area contributed by atoms with Gasteiger partial charge in [0.1, 0.15) is 0 Å². The first-order chi connectivity index (χ1) is 8.15. The molecule has 0 aromatic carbocycles. The molecule has 0 unspecified atom stereocenters. The van der Waals surface area contributed by atoms with Crippen LogP contribution in [0.4, 0.5) is 0 Å². The molecule has 3 nitrogen and oxygen atoms in total. The molecule has 0 aliphatic rings. The summed E-state index contributed by atoms with van der Waals surface area (Å²) in [5.41, 5.74) is 0. The van der Waals surface area contributed by atoms with Crippen molar-refractivity contribution in [1.29, 1.82) is 0 Å². The fraction of sp³-hybridized carbons (Fsp3) is 0.273. The Hall–Kier alpha value is -0.720. The minimum atomic E-state index is -0.233. The van der Waals surface area contributed by atoms with E-state index >= 15 is 0 Å². The molecular formula is C11H9BrO3S2. The molecule has 2 rings (SSSR count). The summed E-state index contributed by atoms with van der Waals surface area (Å²) < 4.78 is 6.86. The van der Waals surface area contributed by atoms with E-state index in [1.807, 2.05) is 6.07 Å². The van der Waals surface area contributed by atoms with Gasteiger partial charge in [0.15, 0.2) is 6.29 Å². The summed E-state index contributed by atoms with van der Waals surface area (Å²) in [6, 6.07) is 1.89. The first kappa shape index (κ1) is 12.7. The van der Waals surface area contributed by atoms with E-state index < -0.39 is 0 Å². The van der Waals surface area contributed by atoms with Crippen molar-refractivity contribution in [3.63, 3.8) is 0 Å². The fourth-order valence-corrected chi connectivity index (χ4v) is 4.49. The lowest BCUT2D eigenvalue weighted by atomic mass is 10.3. The van der Waals surface area contributed by atoms with Crippen LogP contribution in [0.1, 0.15) is 21.5 Å². The maximum atomic E-state index is 11.4. The molecule has 0 atom stereocenters. The van der Waals surface area contributed by atoms with Gasteiger partial charge < -0.3 is 4.74 Å². The fourth-order valence-electron chi connectivity index (χ4n) is 1.50. The Morgan fingerprint density at radius 1 is 1.53 bits per heavy atom. The number of hydrogen-bond donors (Lipinski definition) is 0. The van der Waals surface area contributed by atoms with E-state index in [0.29, 0.717) is 11.5 Å². The predicted molar refractivity (Wildman–Crippen MR) is 73.1 cm³/mol. The van der Waals surface area contributed by atoms with E-state index in [4.69, 9.17) is 4.74 Å². The molecule has 0 N–H and O–H groups in total. The minimum Gasteiger partial charge on any atom is -0.466 e. The summed E-state index contributed by atoms with van der Waals surface area (Å²) in [5, 5.41) is 0.918. The van der Waals surface area contributed by atoms with E-state index in [2.05, 4.69) is 15.9 Å². The number of hydrogen-bond acceptors (Lipinski definition) is 5. The lowest BCUT2D eigenvalue weighted by molar-refractivity contribution is -0.142. The minimum absolute atomic E-state index is 0.233. The van der Waals surface area contributed by atoms with Crippen LogP contribution in [-0.4, -0.2) is 18.9 Å². The first-order valence-corrected chi connectivity index (χ1v) is 7.39. The van der Waals surface area contributed by atoms with Crippen molar-refractivity contribution in [3.05, 3.63) is 19.6 Å². The molecule has 0 saturated carbocycles. The third kappa shape index (κ3) is 2.59. The molecule has 17 heavy (non-hydrogen) atoms. The molecule has 2 aromatic rings. The summed E-state index contributed by atoms with van der Waals surface area (Å²) in [6.45, 7) is 2.17. The topological polar surface area (TPSA) is 43.4 Å². The van der Waals surface area contributed by atoms with Crippen molar-refractivity contribution in [1.82, 2.24) is 0 Å². The first-order valence-electron chi connectivity index (χ1n) is 4.97. The van der Waals surface area contributed by atoms with Gasteiger partial charge in [-0.1, -0.05) is 0 Å². The second kappa shape index (κ2) is 5.29. The van der Waals surface area contributed by atoms with Gasteiger partial charge >= 0.3 is 5.97 Å². The van der Waals surface area contributed by atoms with Gasteiger partial charge in [-0.25, -0.2) is 0 Å². The van der Waals surface area contributed by atoms with Crippen molar-refractivity contribution in [2.24, 2.45) is 0 Å². The summed E-state index contributed by atoms with van der Waals surface area (Å²) in [6.07, 6.45) is 1.11. The quantitative estimate of drug-likeness (QED) is 0.634. The van der Waals surface area contributed by atoms with Crippen LogP contribution in [0, 0.1) is 0 Å². The zero-order valence-corrected chi connectivity index (χ0v) is 12.2. The highest BCUT2D eigenvalue weighted by molar-refractivity contribution is 9.11. The Bertz CT molecular complexity index is 571. The monoisotopic (exact) mass is 332 g/mol. The Morgan fingerprint density at radius 2 is 2.29 bits per heavy atom. The number of ether oxygens (including phenoxy) is 1. The molecule has 90 valence electrons. The summed E-state index contributed by atoms with van der Waals surface area (Å²) in [7, 11) is 0. The Balaban J connectivity index is 2.31. The van der Waals surface area contributed by atoms with E-state index in [1.54, 1.807) is 6.92 Å². The van der Waals surface area contributed by atoms with Gasteiger partial charge in [0.2, 0.25) is 0 Å². The molecule has 0 amide bonds. The van der Waals surface area contributed by atoms with E-state index in [1.165, 1.54) is 22.7 Å². The van der Waals surface area contributed by atoms with Gasteiger partial charge in [-0.3, -0.25) is 9.59 Å². The van der Waals surface area contributed by atoms with Gasteiger partial charge in [-0.05, 0) is 28.9 Å². The van der Waals surface area contributed by atoms with Crippen LogP contribution in [0.25, 0.3) is 10.1 Å². The molecule has 2 heterocycles. The van der Waals surface area contributed by atoms with Gasteiger partial charge in [-0.2, -0.15) is 0 Å². The van der Waals surface area contributed by atoms with Crippen LogP contribution in [0.15, 0.2) is 9.85 Å². The Morgan fingerprint density at radius 3 is 2.94 bits per heavy atom. The maximum absolute atomic E-state index is 11.4. The van der Waals surface area contributed by atoms with Gasteiger partial charge in [0.25, 0.3) is 0 Å². The van der Waals surface area contributed by atoms with Gasteiger partial charge in [0.05, 0.1) is 26.4 Å². The third-order valence-electron chi connectivity index (χ3n) is 2.16. The molecule has 0 spiro atoms. The second-order valence-electron chi connectivity index (χ2n) is 3.30. The number of aldehydes is 1. The highest BCUT2D eigenvalue weighted by Gasteiger charge is 2.15. The van der Waals surface area contributed by atoms with Crippen LogP contribution in [0.3, 0.4) is 0 Å². The zero-order chi connectivity index (χ0) is 12.4. The summed E-state index contributed by atoms with van der Waals surface area (Å²) in [4.78, 5) is 23.8. The number of esters is 1. The number of carbonyl (C=O) groups excluding carboxylic acids is 2. The highest BCUT2D eigenvalue weighted by atomic mass is 79.9. The number of halogens is 1. The standard InChI is InChI=1S/C11H9BrO3S2/c1-2-15-9(14)4-6-3-7-8(5-13)17-11(12)10(7)16-6/h3,5H,2,4H2,1H3. The molecular weight excluding hydrogens is 324 g/mol. The van der Waals surface area contributed by atoms with Crippen molar-refractivity contribution >= 4 is 60.9 Å².